The number of likely N-dealkylation sites (tertiary alicyclic amines) is 1. The van der Waals surface area contributed by atoms with Gasteiger partial charge in [0.25, 0.3) is 5.91 Å². The summed E-state index contributed by atoms with van der Waals surface area (Å²) in [6, 6.07) is 5.61. The summed E-state index contributed by atoms with van der Waals surface area (Å²) in [5, 5.41) is 9.66. The number of nitrogens with zero attached hydrogens (tertiary/aromatic N) is 2. The zero-order valence-corrected chi connectivity index (χ0v) is 18.5. The molecule has 170 valence electrons. The molecule has 1 aromatic rings. The van der Waals surface area contributed by atoms with E-state index < -0.39 is 11.5 Å². The molecule has 0 bridgehead atoms. The number of ether oxygens (including phenoxy) is 1. The van der Waals surface area contributed by atoms with E-state index in [0.717, 1.165) is 17.7 Å². The van der Waals surface area contributed by atoms with Crippen LogP contribution in [0, 0.1) is 5.41 Å². The fraction of sp³-hybridized carbons (Fsp3) is 0.565. The Morgan fingerprint density at radius 3 is 2.52 bits per heavy atom. The van der Waals surface area contributed by atoms with Crippen LogP contribution in [0.25, 0.3) is 0 Å². The first-order valence-corrected chi connectivity index (χ1v) is 10.7. The number of aliphatic hydroxyl groups is 1. The van der Waals surface area contributed by atoms with Crippen molar-refractivity contribution in [2.24, 2.45) is 11.1 Å². The Kier molecular flexibility index (Phi) is 6.89. The van der Waals surface area contributed by atoms with Crippen molar-refractivity contribution in [2.75, 3.05) is 37.7 Å². The SMILES string of the molecule is CC(C)(C)C(F)=C(COC(N)=O)CN1CCc2cc(C(=O)N3CCC(O)CC3)ccc21. The van der Waals surface area contributed by atoms with E-state index >= 15 is 4.39 Å². The molecular formula is C23H32FN3O4. The second-order valence-electron chi connectivity index (χ2n) is 9.31. The van der Waals surface area contributed by atoms with Crippen molar-refractivity contribution in [3.05, 3.63) is 40.7 Å². The first-order valence-electron chi connectivity index (χ1n) is 10.7. The lowest BCUT2D eigenvalue weighted by atomic mass is 9.91. The number of piperidine rings is 1. The lowest BCUT2D eigenvalue weighted by Gasteiger charge is -2.30. The summed E-state index contributed by atoms with van der Waals surface area (Å²) in [7, 11) is 0. The third-order valence-corrected chi connectivity index (χ3v) is 5.81. The van der Waals surface area contributed by atoms with Gasteiger partial charge in [-0.2, -0.15) is 0 Å². The summed E-state index contributed by atoms with van der Waals surface area (Å²) in [4.78, 5) is 27.7. The van der Waals surface area contributed by atoms with Crippen LogP contribution in [0.5, 0.6) is 0 Å². The van der Waals surface area contributed by atoms with E-state index in [2.05, 4.69) is 0 Å². The summed E-state index contributed by atoms with van der Waals surface area (Å²) in [6.07, 6.45) is 0.691. The molecular weight excluding hydrogens is 401 g/mol. The number of primary amides is 1. The minimum atomic E-state index is -0.936. The zero-order chi connectivity index (χ0) is 22.8. The third kappa shape index (κ3) is 5.55. The Balaban J connectivity index is 1.76. The molecule has 7 nitrogen and oxygen atoms in total. The predicted molar refractivity (Wildman–Crippen MR) is 117 cm³/mol. The number of rotatable bonds is 5. The number of hydrogen-bond donors (Lipinski definition) is 2. The molecule has 2 aliphatic rings. The molecule has 2 heterocycles. The van der Waals surface area contributed by atoms with E-state index in [9.17, 15) is 14.7 Å². The number of aliphatic hydroxyl groups excluding tert-OH is 1. The van der Waals surface area contributed by atoms with Gasteiger partial charge in [0, 0.05) is 48.4 Å². The summed E-state index contributed by atoms with van der Waals surface area (Å²) >= 11 is 0. The number of amides is 2. The van der Waals surface area contributed by atoms with Gasteiger partial charge < -0.3 is 25.4 Å². The van der Waals surface area contributed by atoms with Crippen molar-refractivity contribution < 1.29 is 23.8 Å². The molecule has 0 saturated carbocycles. The van der Waals surface area contributed by atoms with Crippen LogP contribution in [-0.2, 0) is 11.2 Å². The van der Waals surface area contributed by atoms with Crippen molar-refractivity contribution in [1.82, 2.24) is 4.90 Å². The fourth-order valence-corrected chi connectivity index (χ4v) is 4.12. The maximum atomic E-state index is 15.0. The molecule has 1 saturated heterocycles. The molecule has 0 radical (unpaired) electrons. The number of nitrogens with two attached hydrogens (primary N) is 1. The molecule has 0 aromatic heterocycles. The van der Waals surface area contributed by atoms with Gasteiger partial charge in [0.1, 0.15) is 12.4 Å². The van der Waals surface area contributed by atoms with Gasteiger partial charge in [0.05, 0.1) is 6.10 Å². The number of hydrogen-bond acceptors (Lipinski definition) is 5. The number of carbonyl (C=O) groups excluding carboxylic acids is 2. The second-order valence-corrected chi connectivity index (χ2v) is 9.31. The molecule has 3 rings (SSSR count). The molecule has 0 atom stereocenters. The van der Waals surface area contributed by atoms with E-state index in [-0.39, 0.29) is 31.0 Å². The van der Waals surface area contributed by atoms with Gasteiger partial charge >= 0.3 is 6.09 Å². The lowest BCUT2D eigenvalue weighted by Crippen LogP contribution is -2.40. The van der Waals surface area contributed by atoms with E-state index in [1.807, 2.05) is 17.0 Å². The molecule has 3 N–H and O–H groups in total. The highest BCUT2D eigenvalue weighted by molar-refractivity contribution is 5.95. The summed E-state index contributed by atoms with van der Waals surface area (Å²) in [5.41, 5.74) is 7.36. The van der Waals surface area contributed by atoms with Gasteiger partial charge in [0.15, 0.2) is 0 Å². The van der Waals surface area contributed by atoms with Crippen LogP contribution < -0.4 is 10.6 Å². The number of anilines is 1. The molecule has 0 aliphatic carbocycles. The van der Waals surface area contributed by atoms with Crippen molar-refractivity contribution in [2.45, 2.75) is 46.1 Å². The third-order valence-electron chi connectivity index (χ3n) is 5.81. The quantitative estimate of drug-likeness (QED) is 0.744. The number of fused-ring (bicyclic) bond motifs is 1. The van der Waals surface area contributed by atoms with Crippen LogP contribution >= 0.6 is 0 Å². The number of benzene rings is 1. The van der Waals surface area contributed by atoms with Crippen LogP contribution in [0.15, 0.2) is 29.6 Å². The van der Waals surface area contributed by atoms with E-state index in [1.54, 1.807) is 31.7 Å². The number of carbonyl (C=O) groups is 2. The minimum Gasteiger partial charge on any atom is -0.445 e. The Bertz CT molecular complexity index is 870. The van der Waals surface area contributed by atoms with Gasteiger partial charge in [-0.05, 0) is 43.0 Å². The molecule has 0 spiro atoms. The average molecular weight is 434 g/mol. The highest BCUT2D eigenvalue weighted by Gasteiger charge is 2.28. The summed E-state index contributed by atoms with van der Waals surface area (Å²) in [5.74, 6) is -0.344. The largest absolute Gasteiger partial charge is 0.445 e. The topological polar surface area (TPSA) is 96.1 Å². The van der Waals surface area contributed by atoms with Crippen molar-refractivity contribution in [3.63, 3.8) is 0 Å². The molecule has 1 fully saturated rings. The van der Waals surface area contributed by atoms with E-state index in [1.165, 1.54) is 0 Å². The number of halogens is 1. The monoisotopic (exact) mass is 433 g/mol. The average Bonchev–Trinajstić information content (AvgIpc) is 3.11. The maximum Gasteiger partial charge on any atom is 0.404 e. The van der Waals surface area contributed by atoms with Crippen molar-refractivity contribution in [1.29, 1.82) is 0 Å². The lowest BCUT2D eigenvalue weighted by molar-refractivity contribution is 0.0546. The number of allylic oxidation sites excluding steroid dienone is 1. The Morgan fingerprint density at radius 1 is 1.23 bits per heavy atom. The van der Waals surface area contributed by atoms with Gasteiger partial charge in [-0.25, -0.2) is 9.18 Å². The molecule has 0 unspecified atom stereocenters. The smallest absolute Gasteiger partial charge is 0.404 e. The summed E-state index contributed by atoms with van der Waals surface area (Å²) in [6.45, 7) is 7.18. The van der Waals surface area contributed by atoms with Crippen molar-refractivity contribution >= 4 is 17.7 Å². The Morgan fingerprint density at radius 2 is 1.90 bits per heavy atom. The summed E-state index contributed by atoms with van der Waals surface area (Å²) < 4.78 is 19.9. The predicted octanol–water partition coefficient (Wildman–Crippen LogP) is 3.01. The van der Waals surface area contributed by atoms with Gasteiger partial charge in [0.2, 0.25) is 0 Å². The molecule has 2 amide bonds. The Hall–Kier alpha value is -2.61. The van der Waals surface area contributed by atoms with Crippen LogP contribution in [-0.4, -0.2) is 60.9 Å². The van der Waals surface area contributed by atoms with E-state index in [4.69, 9.17) is 10.5 Å². The molecule has 2 aliphatic heterocycles. The van der Waals surface area contributed by atoms with Gasteiger partial charge in [-0.3, -0.25) is 4.79 Å². The second kappa shape index (κ2) is 9.26. The van der Waals surface area contributed by atoms with Crippen LogP contribution in [0.1, 0.15) is 49.5 Å². The molecule has 31 heavy (non-hydrogen) atoms. The minimum absolute atomic E-state index is 0.0256. The van der Waals surface area contributed by atoms with Crippen molar-refractivity contribution in [3.8, 4) is 0 Å². The molecule has 1 aromatic carbocycles. The van der Waals surface area contributed by atoms with Gasteiger partial charge in [-0.15, -0.1) is 0 Å². The first kappa shape index (κ1) is 23.1. The van der Waals surface area contributed by atoms with Crippen LogP contribution in [0.3, 0.4) is 0 Å². The fourth-order valence-electron chi connectivity index (χ4n) is 4.12. The highest BCUT2D eigenvalue weighted by atomic mass is 19.1. The van der Waals surface area contributed by atoms with E-state index in [0.29, 0.717) is 43.6 Å². The van der Waals surface area contributed by atoms with Crippen LogP contribution in [0.2, 0.25) is 0 Å². The molecule has 8 heteroatoms. The first-order chi connectivity index (χ1) is 14.6. The normalized spacial score (nSPS) is 18.0. The van der Waals surface area contributed by atoms with Crippen LogP contribution in [0.4, 0.5) is 14.9 Å². The standard InChI is InChI=1S/C23H32FN3O4/c1-23(2,3)20(24)17(14-31-22(25)30)13-27-9-6-15-12-16(4-5-19(15)27)21(29)26-10-7-18(28)8-11-26/h4-5,12,18,28H,6-11,13-14H2,1-3H3,(H2,25,30). The maximum absolute atomic E-state index is 15.0. The highest BCUT2D eigenvalue weighted by Crippen LogP contribution is 2.34. The Labute approximate surface area is 182 Å². The van der Waals surface area contributed by atoms with Gasteiger partial charge in [-0.1, -0.05) is 20.8 Å². The zero-order valence-electron chi connectivity index (χ0n) is 18.5.